The molecule has 1 atom stereocenters. The van der Waals surface area contributed by atoms with E-state index in [-0.39, 0.29) is 11.5 Å². The first kappa shape index (κ1) is 17.2. The van der Waals surface area contributed by atoms with E-state index in [0.717, 1.165) is 16.0 Å². The number of hydrogen-bond donors (Lipinski definition) is 1. The highest BCUT2D eigenvalue weighted by Gasteiger charge is 2.22. The van der Waals surface area contributed by atoms with E-state index in [0.29, 0.717) is 18.4 Å². The number of aromatic nitrogens is 1. The van der Waals surface area contributed by atoms with Crippen molar-refractivity contribution in [3.05, 3.63) is 64.4 Å². The second-order valence-electron chi connectivity index (χ2n) is 5.67. The molecule has 1 amide bonds. The van der Waals surface area contributed by atoms with Crippen LogP contribution < -0.4 is 15.6 Å². The molecule has 130 valence electrons. The lowest BCUT2D eigenvalue weighted by Gasteiger charge is -2.16. The lowest BCUT2D eigenvalue weighted by atomic mass is 10.1. The molecule has 0 radical (unpaired) electrons. The van der Waals surface area contributed by atoms with Gasteiger partial charge in [0.2, 0.25) is 5.91 Å². The first-order chi connectivity index (χ1) is 12.2. The van der Waals surface area contributed by atoms with Gasteiger partial charge in [0, 0.05) is 12.1 Å². The Kier molecular flexibility index (Phi) is 5.19. The van der Waals surface area contributed by atoms with Crippen LogP contribution in [0.1, 0.15) is 24.9 Å². The lowest BCUT2D eigenvalue weighted by Crippen LogP contribution is -2.34. The third-order valence-corrected chi connectivity index (χ3v) is 5.30. The summed E-state index contributed by atoms with van der Waals surface area (Å²) in [7, 11) is 1.60. The molecule has 0 spiro atoms. The average molecular weight is 356 g/mol. The summed E-state index contributed by atoms with van der Waals surface area (Å²) >= 11 is 1.33. The second kappa shape index (κ2) is 7.53. The van der Waals surface area contributed by atoms with Crippen molar-refractivity contribution in [1.29, 1.82) is 0 Å². The van der Waals surface area contributed by atoms with Crippen LogP contribution in [0.15, 0.2) is 53.3 Å². The Labute approximate surface area is 150 Å². The van der Waals surface area contributed by atoms with Crippen LogP contribution in [0.4, 0.5) is 0 Å². The van der Waals surface area contributed by atoms with Crippen LogP contribution in [-0.4, -0.2) is 17.0 Å². The van der Waals surface area contributed by atoms with Crippen molar-refractivity contribution in [1.82, 2.24) is 9.27 Å². The Bertz CT molecular complexity index is 945. The molecule has 6 heteroatoms. The van der Waals surface area contributed by atoms with Crippen molar-refractivity contribution < 1.29 is 9.53 Å². The number of rotatable bonds is 6. The Morgan fingerprint density at radius 2 is 1.92 bits per heavy atom. The number of amides is 1. The molecule has 25 heavy (non-hydrogen) atoms. The molecule has 0 fully saturated rings. The van der Waals surface area contributed by atoms with Gasteiger partial charge in [0.15, 0.2) is 0 Å². The van der Waals surface area contributed by atoms with Gasteiger partial charge in [-0.1, -0.05) is 48.8 Å². The van der Waals surface area contributed by atoms with Crippen molar-refractivity contribution >= 4 is 27.5 Å². The minimum absolute atomic E-state index is 0.111. The van der Waals surface area contributed by atoms with Crippen LogP contribution >= 0.6 is 11.5 Å². The Morgan fingerprint density at radius 3 is 2.64 bits per heavy atom. The molecule has 0 saturated heterocycles. The number of para-hydroxylation sites is 1. The molecule has 5 nitrogen and oxygen atoms in total. The maximum atomic E-state index is 12.7. The summed E-state index contributed by atoms with van der Waals surface area (Å²) in [6, 6.07) is 14.5. The minimum atomic E-state index is -0.514. The number of benzene rings is 2. The fourth-order valence-electron chi connectivity index (χ4n) is 2.80. The molecule has 0 saturated carbocycles. The van der Waals surface area contributed by atoms with E-state index in [4.69, 9.17) is 4.74 Å². The van der Waals surface area contributed by atoms with E-state index in [1.807, 2.05) is 49.4 Å². The predicted octanol–water partition coefficient (Wildman–Crippen LogP) is 3.34. The Hall–Kier alpha value is -2.60. The predicted molar refractivity (Wildman–Crippen MR) is 100 cm³/mol. The van der Waals surface area contributed by atoms with E-state index in [2.05, 4.69) is 5.32 Å². The van der Waals surface area contributed by atoms with Crippen LogP contribution in [0.2, 0.25) is 0 Å². The molecule has 1 N–H and O–H groups in total. The largest absolute Gasteiger partial charge is 0.496 e. The van der Waals surface area contributed by atoms with Gasteiger partial charge in [0.1, 0.15) is 11.8 Å². The van der Waals surface area contributed by atoms with Crippen molar-refractivity contribution in [3.8, 4) is 5.75 Å². The Morgan fingerprint density at radius 1 is 1.20 bits per heavy atom. The van der Waals surface area contributed by atoms with Crippen molar-refractivity contribution in [2.45, 2.75) is 25.9 Å². The average Bonchev–Trinajstić information content (AvgIpc) is 2.98. The highest BCUT2D eigenvalue weighted by atomic mass is 32.1. The molecule has 0 aliphatic carbocycles. The maximum absolute atomic E-state index is 12.7. The van der Waals surface area contributed by atoms with E-state index in [1.54, 1.807) is 17.1 Å². The smallest absolute Gasteiger partial charge is 0.269 e. The summed E-state index contributed by atoms with van der Waals surface area (Å²) in [5, 5.41) is 3.58. The SMILES string of the molecule is CCC(C(=O)NCc1ccccc1OC)n1sc2ccccc2c1=O. The molecule has 3 rings (SSSR count). The van der Waals surface area contributed by atoms with Gasteiger partial charge in [-0.2, -0.15) is 0 Å². The molecular formula is C19H20N2O3S. The van der Waals surface area contributed by atoms with E-state index in [1.165, 1.54) is 11.5 Å². The number of ether oxygens (including phenoxy) is 1. The number of nitrogens with one attached hydrogen (secondary N) is 1. The van der Waals surface area contributed by atoms with Crippen LogP contribution in [0, 0.1) is 0 Å². The van der Waals surface area contributed by atoms with Crippen LogP contribution in [0.5, 0.6) is 5.75 Å². The lowest BCUT2D eigenvalue weighted by molar-refractivity contribution is -0.124. The summed E-state index contributed by atoms with van der Waals surface area (Å²) < 4.78 is 7.77. The highest BCUT2D eigenvalue weighted by molar-refractivity contribution is 7.14. The van der Waals surface area contributed by atoms with E-state index >= 15 is 0 Å². The van der Waals surface area contributed by atoms with Crippen molar-refractivity contribution in [3.63, 3.8) is 0 Å². The monoisotopic (exact) mass is 356 g/mol. The van der Waals surface area contributed by atoms with Crippen molar-refractivity contribution in [2.24, 2.45) is 0 Å². The van der Waals surface area contributed by atoms with Gasteiger partial charge in [0.05, 0.1) is 17.2 Å². The third kappa shape index (κ3) is 3.44. The number of fused-ring (bicyclic) bond motifs is 1. The number of methoxy groups -OCH3 is 1. The zero-order valence-electron chi connectivity index (χ0n) is 14.2. The number of carbonyl (C=O) groups excluding carboxylic acids is 1. The number of nitrogens with zero attached hydrogens (tertiary/aromatic N) is 1. The fourth-order valence-corrected chi connectivity index (χ4v) is 3.96. The molecule has 0 aliphatic heterocycles. The summed E-state index contributed by atoms with van der Waals surface area (Å²) in [5.74, 6) is 0.567. The number of hydrogen-bond acceptors (Lipinski definition) is 4. The summed E-state index contributed by atoms with van der Waals surface area (Å²) in [6.45, 7) is 2.27. The summed E-state index contributed by atoms with van der Waals surface area (Å²) in [5.41, 5.74) is 0.789. The van der Waals surface area contributed by atoms with Crippen molar-refractivity contribution in [2.75, 3.05) is 7.11 Å². The second-order valence-corrected chi connectivity index (χ2v) is 6.69. The standard InChI is InChI=1S/C19H20N2O3S/c1-3-15(21-19(23)14-9-5-7-11-17(14)25-21)18(22)20-12-13-8-4-6-10-16(13)24-2/h4-11,15H,3,12H2,1-2H3,(H,20,22). The Balaban J connectivity index is 1.81. The third-order valence-electron chi connectivity index (χ3n) is 4.13. The van der Waals surface area contributed by atoms with Gasteiger partial charge >= 0.3 is 0 Å². The zero-order valence-corrected chi connectivity index (χ0v) is 15.0. The normalized spacial score (nSPS) is 12.1. The van der Waals surface area contributed by atoms with Gasteiger partial charge in [-0.25, -0.2) is 0 Å². The summed E-state index contributed by atoms with van der Waals surface area (Å²) in [4.78, 5) is 25.3. The van der Waals surface area contributed by atoms with Gasteiger partial charge in [0.25, 0.3) is 5.56 Å². The quantitative estimate of drug-likeness (QED) is 0.737. The molecule has 0 bridgehead atoms. The first-order valence-corrected chi connectivity index (χ1v) is 8.93. The van der Waals surface area contributed by atoms with Gasteiger partial charge in [-0.3, -0.25) is 13.5 Å². The number of carbonyl (C=O) groups is 1. The van der Waals surface area contributed by atoms with Crippen LogP contribution in [0.3, 0.4) is 0 Å². The molecule has 1 unspecified atom stereocenters. The van der Waals surface area contributed by atoms with E-state index in [9.17, 15) is 9.59 Å². The molecule has 2 aromatic carbocycles. The van der Waals surface area contributed by atoms with Crippen LogP contribution in [0.25, 0.3) is 10.1 Å². The maximum Gasteiger partial charge on any atom is 0.269 e. The topological polar surface area (TPSA) is 60.3 Å². The molecule has 3 aromatic rings. The molecule has 1 heterocycles. The molecule has 1 aromatic heterocycles. The summed E-state index contributed by atoms with van der Waals surface area (Å²) in [6.07, 6.45) is 0.546. The van der Waals surface area contributed by atoms with Gasteiger partial charge in [-0.05, 0) is 24.6 Å². The van der Waals surface area contributed by atoms with E-state index < -0.39 is 6.04 Å². The van der Waals surface area contributed by atoms with Gasteiger partial charge < -0.3 is 10.1 Å². The van der Waals surface area contributed by atoms with Crippen LogP contribution in [-0.2, 0) is 11.3 Å². The highest BCUT2D eigenvalue weighted by Crippen LogP contribution is 2.22. The first-order valence-electron chi connectivity index (χ1n) is 8.15. The minimum Gasteiger partial charge on any atom is -0.496 e. The van der Waals surface area contributed by atoms with Gasteiger partial charge in [-0.15, -0.1) is 0 Å². The fraction of sp³-hybridized carbons (Fsp3) is 0.263. The molecular weight excluding hydrogens is 336 g/mol. The molecule has 0 aliphatic rings. The zero-order chi connectivity index (χ0) is 17.8.